The summed E-state index contributed by atoms with van der Waals surface area (Å²) in [5.41, 5.74) is 5.32. The Hall–Kier alpha value is -2.89. The molecule has 0 saturated heterocycles. The number of aryl methyl sites for hydroxylation is 1. The summed E-state index contributed by atoms with van der Waals surface area (Å²) in [6, 6.07) is 9.09. The Balaban J connectivity index is 1.58. The summed E-state index contributed by atoms with van der Waals surface area (Å²) >= 11 is 0. The SMILES string of the molecule is CC(=NNC(=O)c1ccoc1C)c1ccc(NC(=O)C2CCCCC2)cc1. The lowest BCUT2D eigenvalue weighted by Gasteiger charge is -2.20. The highest BCUT2D eigenvalue weighted by Gasteiger charge is 2.21. The summed E-state index contributed by atoms with van der Waals surface area (Å²) < 4.78 is 5.12. The van der Waals surface area contributed by atoms with E-state index in [-0.39, 0.29) is 17.7 Å². The molecule has 0 radical (unpaired) electrons. The average molecular weight is 367 g/mol. The van der Waals surface area contributed by atoms with Gasteiger partial charge in [-0.2, -0.15) is 5.10 Å². The first-order chi connectivity index (χ1) is 13.0. The number of amides is 2. The number of carbonyl (C=O) groups excluding carboxylic acids is 2. The van der Waals surface area contributed by atoms with E-state index >= 15 is 0 Å². The minimum Gasteiger partial charge on any atom is -0.469 e. The van der Waals surface area contributed by atoms with Crippen molar-refractivity contribution in [3.63, 3.8) is 0 Å². The van der Waals surface area contributed by atoms with Crippen molar-refractivity contribution < 1.29 is 14.0 Å². The number of rotatable bonds is 5. The van der Waals surface area contributed by atoms with Crippen molar-refractivity contribution in [2.75, 3.05) is 5.32 Å². The Morgan fingerprint density at radius 1 is 1.07 bits per heavy atom. The molecule has 142 valence electrons. The molecule has 1 aromatic heterocycles. The number of hydrogen-bond donors (Lipinski definition) is 2. The third-order valence-electron chi connectivity index (χ3n) is 4.97. The molecule has 1 fully saturated rings. The minimum atomic E-state index is -0.308. The van der Waals surface area contributed by atoms with Gasteiger partial charge in [0.15, 0.2) is 0 Å². The molecule has 0 aliphatic heterocycles. The van der Waals surface area contributed by atoms with E-state index in [0.29, 0.717) is 17.0 Å². The Kier molecular flexibility index (Phi) is 6.06. The van der Waals surface area contributed by atoms with E-state index in [1.54, 1.807) is 13.0 Å². The van der Waals surface area contributed by atoms with Crippen molar-refractivity contribution in [2.45, 2.75) is 46.0 Å². The topological polar surface area (TPSA) is 83.7 Å². The molecule has 6 nitrogen and oxygen atoms in total. The summed E-state index contributed by atoms with van der Waals surface area (Å²) in [6.07, 6.45) is 6.93. The van der Waals surface area contributed by atoms with Crippen molar-refractivity contribution in [1.82, 2.24) is 5.43 Å². The number of nitrogens with one attached hydrogen (secondary N) is 2. The van der Waals surface area contributed by atoms with Gasteiger partial charge in [-0.25, -0.2) is 5.43 Å². The van der Waals surface area contributed by atoms with Gasteiger partial charge in [-0.3, -0.25) is 9.59 Å². The number of furan rings is 1. The van der Waals surface area contributed by atoms with E-state index in [0.717, 1.165) is 36.9 Å². The first kappa shape index (κ1) is 18.9. The average Bonchev–Trinajstić information content (AvgIpc) is 3.13. The molecule has 0 bridgehead atoms. The third kappa shape index (κ3) is 4.84. The monoisotopic (exact) mass is 367 g/mol. The van der Waals surface area contributed by atoms with E-state index in [9.17, 15) is 9.59 Å². The lowest BCUT2D eigenvalue weighted by Crippen LogP contribution is -2.24. The summed E-state index contributed by atoms with van der Waals surface area (Å²) in [4.78, 5) is 24.4. The zero-order valence-electron chi connectivity index (χ0n) is 15.7. The van der Waals surface area contributed by atoms with Crippen LogP contribution in [0.2, 0.25) is 0 Å². The van der Waals surface area contributed by atoms with Crippen LogP contribution in [0.5, 0.6) is 0 Å². The highest BCUT2D eigenvalue weighted by molar-refractivity contribution is 6.01. The second-order valence-corrected chi connectivity index (χ2v) is 6.93. The maximum absolute atomic E-state index is 12.3. The molecule has 1 aliphatic rings. The largest absolute Gasteiger partial charge is 0.469 e. The molecular formula is C21H25N3O3. The first-order valence-corrected chi connectivity index (χ1v) is 9.34. The summed E-state index contributed by atoms with van der Waals surface area (Å²) in [5, 5.41) is 7.14. The standard InChI is InChI=1S/C21H25N3O3/c1-14(23-24-21(26)19-12-13-27-15(19)2)16-8-10-18(11-9-16)22-20(25)17-6-4-3-5-7-17/h8-13,17H,3-7H2,1-2H3,(H,22,25)(H,24,26). The Morgan fingerprint density at radius 2 is 1.78 bits per heavy atom. The Bertz CT molecular complexity index is 831. The zero-order chi connectivity index (χ0) is 19.2. The van der Waals surface area contributed by atoms with Crippen LogP contribution >= 0.6 is 0 Å². The number of anilines is 1. The molecule has 0 spiro atoms. The van der Waals surface area contributed by atoms with Crippen molar-refractivity contribution in [3.05, 3.63) is 53.5 Å². The summed E-state index contributed by atoms with van der Waals surface area (Å²) in [5.74, 6) is 0.481. The van der Waals surface area contributed by atoms with Gasteiger partial charge in [-0.1, -0.05) is 31.4 Å². The van der Waals surface area contributed by atoms with Crippen molar-refractivity contribution in [3.8, 4) is 0 Å². The van der Waals surface area contributed by atoms with Crippen LogP contribution in [-0.4, -0.2) is 17.5 Å². The Labute approximate surface area is 159 Å². The predicted octanol–water partition coefficient (Wildman–Crippen LogP) is 4.26. The molecule has 2 N–H and O–H groups in total. The lowest BCUT2D eigenvalue weighted by molar-refractivity contribution is -0.120. The molecule has 3 rings (SSSR count). The van der Waals surface area contributed by atoms with Gasteiger partial charge in [0.1, 0.15) is 5.76 Å². The molecular weight excluding hydrogens is 342 g/mol. The molecule has 2 aromatic rings. The third-order valence-corrected chi connectivity index (χ3v) is 4.97. The molecule has 1 aromatic carbocycles. The van der Waals surface area contributed by atoms with Crippen molar-refractivity contribution >= 4 is 23.2 Å². The lowest BCUT2D eigenvalue weighted by atomic mass is 9.88. The number of carbonyl (C=O) groups is 2. The zero-order valence-corrected chi connectivity index (χ0v) is 15.7. The molecule has 2 amide bonds. The highest BCUT2D eigenvalue weighted by atomic mass is 16.3. The van der Waals surface area contributed by atoms with Gasteiger partial charge >= 0.3 is 0 Å². The van der Waals surface area contributed by atoms with Gasteiger partial charge in [0.05, 0.1) is 17.5 Å². The maximum Gasteiger partial charge on any atom is 0.274 e. The first-order valence-electron chi connectivity index (χ1n) is 9.34. The van der Waals surface area contributed by atoms with Gasteiger partial charge in [-0.05, 0) is 50.5 Å². The van der Waals surface area contributed by atoms with Gasteiger partial charge in [0.2, 0.25) is 5.91 Å². The summed E-state index contributed by atoms with van der Waals surface area (Å²) in [7, 11) is 0. The molecule has 27 heavy (non-hydrogen) atoms. The van der Waals surface area contributed by atoms with Crippen LogP contribution in [0.4, 0.5) is 5.69 Å². The van der Waals surface area contributed by atoms with Crippen molar-refractivity contribution in [2.24, 2.45) is 11.0 Å². The fourth-order valence-electron chi connectivity index (χ4n) is 3.28. The van der Waals surface area contributed by atoms with E-state index in [1.165, 1.54) is 12.7 Å². The number of hydrazone groups is 1. The minimum absolute atomic E-state index is 0.107. The van der Waals surface area contributed by atoms with E-state index in [4.69, 9.17) is 4.42 Å². The predicted molar refractivity (Wildman–Crippen MR) is 105 cm³/mol. The van der Waals surface area contributed by atoms with Crippen LogP contribution in [-0.2, 0) is 4.79 Å². The van der Waals surface area contributed by atoms with Crippen molar-refractivity contribution in [1.29, 1.82) is 0 Å². The van der Waals surface area contributed by atoms with E-state index in [2.05, 4.69) is 15.8 Å². The van der Waals surface area contributed by atoms with Gasteiger partial charge in [0.25, 0.3) is 5.91 Å². The smallest absolute Gasteiger partial charge is 0.274 e. The van der Waals surface area contributed by atoms with Crippen LogP contribution in [0, 0.1) is 12.8 Å². The number of benzene rings is 1. The highest BCUT2D eigenvalue weighted by Crippen LogP contribution is 2.25. The molecule has 1 heterocycles. The van der Waals surface area contributed by atoms with Gasteiger partial charge < -0.3 is 9.73 Å². The normalized spacial score (nSPS) is 15.4. The molecule has 6 heteroatoms. The van der Waals surface area contributed by atoms with E-state index < -0.39 is 0 Å². The fraction of sp³-hybridized carbons (Fsp3) is 0.381. The van der Waals surface area contributed by atoms with Crippen LogP contribution < -0.4 is 10.7 Å². The maximum atomic E-state index is 12.3. The van der Waals surface area contributed by atoms with Crippen LogP contribution in [0.15, 0.2) is 46.1 Å². The Morgan fingerprint density at radius 3 is 2.41 bits per heavy atom. The van der Waals surface area contributed by atoms with Crippen LogP contribution in [0.25, 0.3) is 0 Å². The molecule has 1 saturated carbocycles. The number of nitrogens with zero attached hydrogens (tertiary/aromatic N) is 1. The fourth-order valence-corrected chi connectivity index (χ4v) is 3.28. The van der Waals surface area contributed by atoms with E-state index in [1.807, 2.05) is 31.2 Å². The number of hydrogen-bond acceptors (Lipinski definition) is 4. The summed E-state index contributed by atoms with van der Waals surface area (Å²) in [6.45, 7) is 3.55. The molecule has 0 atom stereocenters. The second kappa shape index (κ2) is 8.66. The van der Waals surface area contributed by atoms with Gasteiger partial charge in [0, 0.05) is 11.6 Å². The molecule has 1 aliphatic carbocycles. The van der Waals surface area contributed by atoms with Crippen LogP contribution in [0.3, 0.4) is 0 Å². The van der Waals surface area contributed by atoms with Gasteiger partial charge in [-0.15, -0.1) is 0 Å². The van der Waals surface area contributed by atoms with Crippen LogP contribution in [0.1, 0.15) is 60.7 Å². The molecule has 0 unspecified atom stereocenters. The quantitative estimate of drug-likeness (QED) is 0.612. The second-order valence-electron chi connectivity index (χ2n) is 6.93.